The van der Waals surface area contributed by atoms with E-state index in [1.807, 2.05) is 0 Å². The topological polar surface area (TPSA) is 84.9 Å². The van der Waals surface area contributed by atoms with E-state index < -0.39 is 16.1 Å². The van der Waals surface area contributed by atoms with Crippen LogP contribution in [0.3, 0.4) is 0 Å². The summed E-state index contributed by atoms with van der Waals surface area (Å²) in [7, 11) is -2.10. The summed E-state index contributed by atoms with van der Waals surface area (Å²) in [6.45, 7) is 2.57. The number of hydrogen-bond donors (Lipinski definition) is 1. The molecule has 4 rings (SSSR count). The van der Waals surface area contributed by atoms with Gasteiger partial charge in [0, 0.05) is 18.2 Å². The monoisotopic (exact) mass is 430 g/mol. The molecule has 0 bridgehead atoms. The molecular formula is C22H26N2O5S. The number of nitrogens with one attached hydrogen (secondary N) is 1. The number of amides is 1. The number of benzene rings is 2. The summed E-state index contributed by atoms with van der Waals surface area (Å²) in [6.07, 6.45) is 2.59. The van der Waals surface area contributed by atoms with Gasteiger partial charge in [0.2, 0.25) is 15.9 Å². The Hall–Kier alpha value is -2.58. The van der Waals surface area contributed by atoms with Crippen LogP contribution in [0.25, 0.3) is 0 Å². The van der Waals surface area contributed by atoms with Crippen molar-refractivity contribution >= 4 is 21.6 Å². The molecule has 0 radical (unpaired) electrons. The Balaban J connectivity index is 1.38. The summed E-state index contributed by atoms with van der Waals surface area (Å²) < 4.78 is 39.0. The highest BCUT2D eigenvalue weighted by Crippen LogP contribution is 2.37. The highest BCUT2D eigenvalue weighted by atomic mass is 32.2. The quantitative estimate of drug-likeness (QED) is 0.696. The third-order valence-corrected chi connectivity index (χ3v) is 6.95. The second-order valence-corrected chi connectivity index (χ2v) is 9.53. The van der Waals surface area contributed by atoms with Crippen molar-refractivity contribution in [3.8, 4) is 11.5 Å². The third kappa shape index (κ3) is 4.44. The van der Waals surface area contributed by atoms with Crippen LogP contribution in [-0.2, 0) is 21.2 Å². The minimum absolute atomic E-state index is 0.146. The first-order valence-corrected chi connectivity index (χ1v) is 11.6. The fraction of sp³-hybridized carbons (Fsp3) is 0.409. The molecule has 1 saturated carbocycles. The van der Waals surface area contributed by atoms with Crippen LogP contribution in [0.2, 0.25) is 0 Å². The molecule has 160 valence electrons. The number of methoxy groups -OCH3 is 1. The smallest absolute Gasteiger partial charge is 0.240 e. The SMILES string of the molecule is COc1ccc(OCC(C)NS(=O)(=O)c2ccc3c(c2)CCN3C(=O)C2CC2)cc1. The van der Waals surface area contributed by atoms with Crippen molar-refractivity contribution in [2.24, 2.45) is 5.92 Å². The maximum atomic E-state index is 12.8. The van der Waals surface area contributed by atoms with Gasteiger partial charge in [-0.1, -0.05) is 0 Å². The van der Waals surface area contributed by atoms with Crippen LogP contribution in [0.1, 0.15) is 25.3 Å². The van der Waals surface area contributed by atoms with Gasteiger partial charge in [-0.05, 0) is 74.2 Å². The number of carbonyl (C=O) groups excluding carboxylic acids is 1. The Morgan fingerprint density at radius 3 is 2.53 bits per heavy atom. The third-order valence-electron chi connectivity index (χ3n) is 5.37. The summed E-state index contributed by atoms with van der Waals surface area (Å²) in [5.41, 5.74) is 1.73. The van der Waals surface area contributed by atoms with Gasteiger partial charge in [0.25, 0.3) is 0 Å². The Bertz CT molecular complexity index is 1030. The highest BCUT2D eigenvalue weighted by molar-refractivity contribution is 7.89. The van der Waals surface area contributed by atoms with Crippen LogP contribution < -0.4 is 19.1 Å². The van der Waals surface area contributed by atoms with E-state index in [1.54, 1.807) is 61.4 Å². The Labute approximate surface area is 177 Å². The lowest BCUT2D eigenvalue weighted by atomic mass is 10.2. The Morgan fingerprint density at radius 2 is 1.87 bits per heavy atom. The predicted molar refractivity (Wildman–Crippen MR) is 113 cm³/mol. The molecule has 1 amide bonds. The lowest BCUT2D eigenvalue weighted by Gasteiger charge is -2.18. The van der Waals surface area contributed by atoms with Crippen LogP contribution in [0.5, 0.6) is 11.5 Å². The molecule has 2 aliphatic rings. The van der Waals surface area contributed by atoms with E-state index in [1.165, 1.54) is 0 Å². The molecule has 0 saturated heterocycles. The molecule has 8 heteroatoms. The summed E-state index contributed by atoms with van der Waals surface area (Å²) in [6, 6.07) is 11.7. The second-order valence-electron chi connectivity index (χ2n) is 7.81. The first-order chi connectivity index (χ1) is 14.4. The molecule has 1 unspecified atom stereocenters. The number of carbonyl (C=O) groups is 1. The minimum Gasteiger partial charge on any atom is -0.497 e. The van der Waals surface area contributed by atoms with Crippen LogP contribution in [0.4, 0.5) is 5.69 Å². The number of fused-ring (bicyclic) bond motifs is 1. The van der Waals surface area contributed by atoms with E-state index in [9.17, 15) is 13.2 Å². The molecule has 1 N–H and O–H groups in total. The van der Waals surface area contributed by atoms with Gasteiger partial charge in [0.1, 0.15) is 18.1 Å². The molecule has 7 nitrogen and oxygen atoms in total. The molecule has 1 fully saturated rings. The highest BCUT2D eigenvalue weighted by Gasteiger charge is 2.36. The zero-order valence-corrected chi connectivity index (χ0v) is 17.9. The molecule has 1 aliphatic heterocycles. The van der Waals surface area contributed by atoms with Gasteiger partial charge in [-0.3, -0.25) is 4.79 Å². The van der Waals surface area contributed by atoms with Gasteiger partial charge >= 0.3 is 0 Å². The minimum atomic E-state index is -3.69. The maximum Gasteiger partial charge on any atom is 0.240 e. The van der Waals surface area contributed by atoms with Crippen molar-refractivity contribution in [2.75, 3.05) is 25.2 Å². The molecule has 1 heterocycles. The van der Waals surface area contributed by atoms with Gasteiger partial charge < -0.3 is 14.4 Å². The number of ether oxygens (including phenoxy) is 2. The lowest BCUT2D eigenvalue weighted by molar-refractivity contribution is -0.119. The van der Waals surface area contributed by atoms with Gasteiger partial charge in [-0.15, -0.1) is 0 Å². The first kappa shape index (κ1) is 20.7. The molecule has 2 aromatic carbocycles. The number of anilines is 1. The van der Waals surface area contributed by atoms with Crippen LogP contribution >= 0.6 is 0 Å². The predicted octanol–water partition coefficient (Wildman–Crippen LogP) is 2.74. The normalized spacial score (nSPS) is 16.8. The fourth-order valence-electron chi connectivity index (χ4n) is 3.58. The zero-order valence-electron chi connectivity index (χ0n) is 17.1. The van der Waals surface area contributed by atoms with E-state index in [0.717, 1.165) is 29.8 Å². The van der Waals surface area contributed by atoms with Gasteiger partial charge in [-0.25, -0.2) is 13.1 Å². The van der Waals surface area contributed by atoms with Crippen molar-refractivity contribution < 1.29 is 22.7 Å². The number of rotatable bonds is 8. The van der Waals surface area contributed by atoms with Crippen molar-refractivity contribution in [1.82, 2.24) is 4.72 Å². The first-order valence-electron chi connectivity index (χ1n) is 10.1. The van der Waals surface area contributed by atoms with Crippen molar-refractivity contribution in [3.05, 3.63) is 48.0 Å². The summed E-state index contributed by atoms with van der Waals surface area (Å²) in [4.78, 5) is 14.4. The molecule has 1 atom stereocenters. The van der Waals surface area contributed by atoms with E-state index in [4.69, 9.17) is 9.47 Å². The van der Waals surface area contributed by atoms with Gasteiger partial charge in [0.05, 0.1) is 18.0 Å². The largest absolute Gasteiger partial charge is 0.497 e. The van der Waals surface area contributed by atoms with Crippen LogP contribution in [-0.4, -0.2) is 40.6 Å². The van der Waals surface area contributed by atoms with E-state index in [2.05, 4.69) is 4.72 Å². The zero-order chi connectivity index (χ0) is 21.3. The lowest BCUT2D eigenvalue weighted by Crippen LogP contribution is -2.36. The molecule has 1 aliphatic carbocycles. The summed E-state index contributed by atoms with van der Waals surface area (Å²) in [5.74, 6) is 1.67. The average molecular weight is 431 g/mol. The number of sulfonamides is 1. The van der Waals surface area contributed by atoms with Crippen LogP contribution in [0.15, 0.2) is 47.4 Å². The molecule has 2 aromatic rings. The molecule has 30 heavy (non-hydrogen) atoms. The van der Waals surface area contributed by atoms with Crippen molar-refractivity contribution in [3.63, 3.8) is 0 Å². The van der Waals surface area contributed by atoms with Crippen LogP contribution in [0, 0.1) is 5.92 Å². The van der Waals surface area contributed by atoms with E-state index >= 15 is 0 Å². The van der Waals surface area contributed by atoms with Gasteiger partial charge in [0.15, 0.2) is 0 Å². The molecular weight excluding hydrogens is 404 g/mol. The maximum absolute atomic E-state index is 12.8. The van der Waals surface area contributed by atoms with E-state index in [-0.39, 0.29) is 23.3 Å². The molecule has 0 spiro atoms. The Morgan fingerprint density at radius 1 is 1.17 bits per heavy atom. The van der Waals surface area contributed by atoms with Crippen molar-refractivity contribution in [1.29, 1.82) is 0 Å². The second kappa shape index (κ2) is 8.28. The number of hydrogen-bond acceptors (Lipinski definition) is 5. The van der Waals surface area contributed by atoms with E-state index in [0.29, 0.717) is 18.7 Å². The Kier molecular flexibility index (Phi) is 5.71. The number of nitrogens with zero attached hydrogens (tertiary/aromatic N) is 1. The summed E-state index contributed by atoms with van der Waals surface area (Å²) >= 11 is 0. The standard InChI is InChI=1S/C22H26N2O5S/c1-15(14-29-19-7-5-18(28-2)6-8-19)23-30(26,27)20-9-10-21-17(13-20)11-12-24(21)22(25)16-3-4-16/h5-10,13,15-16,23H,3-4,11-12,14H2,1-2H3. The van der Waals surface area contributed by atoms with Gasteiger partial charge in [-0.2, -0.15) is 0 Å². The fourth-order valence-corrected chi connectivity index (χ4v) is 4.86. The van der Waals surface area contributed by atoms with Crippen molar-refractivity contribution in [2.45, 2.75) is 37.1 Å². The average Bonchev–Trinajstić information content (AvgIpc) is 3.50. The molecule has 0 aromatic heterocycles. The summed E-state index contributed by atoms with van der Waals surface area (Å²) in [5, 5.41) is 0.